The van der Waals surface area contributed by atoms with Crippen LogP contribution in [-0.4, -0.2) is 23.1 Å². The second-order valence-corrected chi connectivity index (χ2v) is 6.00. The summed E-state index contributed by atoms with van der Waals surface area (Å²) < 4.78 is 0. The van der Waals surface area contributed by atoms with Crippen LogP contribution in [0, 0.1) is 5.92 Å². The molecule has 0 heterocycles. The Hall–Kier alpha value is -0.840. The van der Waals surface area contributed by atoms with Gasteiger partial charge in [0.25, 0.3) is 0 Å². The van der Waals surface area contributed by atoms with Gasteiger partial charge in [0.1, 0.15) is 0 Å². The van der Waals surface area contributed by atoms with E-state index in [0.717, 1.165) is 25.7 Å². The molecular formula is C13H23N3OS. The number of hydrogen-bond donors (Lipinski definition) is 3. The fourth-order valence-electron chi connectivity index (χ4n) is 2.81. The van der Waals surface area contributed by atoms with Gasteiger partial charge in [-0.3, -0.25) is 0 Å². The van der Waals surface area contributed by atoms with Crippen LogP contribution in [0.15, 0.2) is 0 Å². The van der Waals surface area contributed by atoms with Crippen molar-refractivity contribution in [3.05, 3.63) is 0 Å². The van der Waals surface area contributed by atoms with Crippen LogP contribution >= 0.6 is 12.2 Å². The quantitative estimate of drug-likeness (QED) is 0.684. The minimum Gasteiger partial charge on any atom is -0.392 e. The van der Waals surface area contributed by atoms with E-state index in [0.29, 0.717) is 16.9 Å². The zero-order valence-electron chi connectivity index (χ0n) is 10.8. The van der Waals surface area contributed by atoms with E-state index in [-0.39, 0.29) is 12.1 Å². The van der Waals surface area contributed by atoms with Gasteiger partial charge in [0.15, 0.2) is 0 Å². The summed E-state index contributed by atoms with van der Waals surface area (Å²) in [6.45, 7) is 0. The molecule has 2 saturated carbocycles. The second kappa shape index (κ2) is 6.36. The number of nitrogens with one attached hydrogen (secondary N) is 2. The maximum atomic E-state index is 11.9. The van der Waals surface area contributed by atoms with Crippen molar-refractivity contribution in [1.29, 1.82) is 0 Å². The molecule has 2 amide bonds. The van der Waals surface area contributed by atoms with Crippen LogP contribution in [0.5, 0.6) is 0 Å². The highest BCUT2D eigenvalue weighted by Gasteiger charge is 2.28. The Morgan fingerprint density at radius 3 is 2.28 bits per heavy atom. The number of carbonyl (C=O) groups is 1. The van der Waals surface area contributed by atoms with Crippen molar-refractivity contribution in [2.24, 2.45) is 11.7 Å². The van der Waals surface area contributed by atoms with Crippen molar-refractivity contribution in [2.45, 2.75) is 63.5 Å². The Balaban J connectivity index is 1.84. The van der Waals surface area contributed by atoms with Crippen LogP contribution in [0.25, 0.3) is 0 Å². The molecule has 0 saturated heterocycles. The van der Waals surface area contributed by atoms with Crippen molar-refractivity contribution in [3.8, 4) is 0 Å². The van der Waals surface area contributed by atoms with Crippen LogP contribution in [0.3, 0.4) is 0 Å². The average Bonchev–Trinajstić information content (AvgIpc) is 2.31. The predicted molar refractivity (Wildman–Crippen MR) is 76.5 cm³/mol. The molecule has 0 bridgehead atoms. The van der Waals surface area contributed by atoms with Gasteiger partial charge >= 0.3 is 6.03 Å². The van der Waals surface area contributed by atoms with E-state index in [4.69, 9.17) is 18.0 Å². The van der Waals surface area contributed by atoms with Crippen molar-refractivity contribution >= 4 is 23.2 Å². The number of urea groups is 1. The smallest absolute Gasteiger partial charge is 0.315 e. The highest BCUT2D eigenvalue weighted by Crippen LogP contribution is 2.26. The fourth-order valence-corrected chi connectivity index (χ4v) is 3.06. The molecule has 0 aromatic rings. The summed E-state index contributed by atoms with van der Waals surface area (Å²) in [5.74, 6) is 0.420. The van der Waals surface area contributed by atoms with Crippen molar-refractivity contribution in [1.82, 2.24) is 10.6 Å². The van der Waals surface area contributed by atoms with E-state index in [2.05, 4.69) is 10.6 Å². The molecule has 0 aromatic heterocycles. The molecule has 4 nitrogen and oxygen atoms in total. The molecule has 102 valence electrons. The maximum absolute atomic E-state index is 11.9. The number of hydrogen-bond acceptors (Lipinski definition) is 2. The minimum atomic E-state index is -0.139. The van der Waals surface area contributed by atoms with Gasteiger partial charge in [-0.15, -0.1) is 0 Å². The summed E-state index contributed by atoms with van der Waals surface area (Å²) in [6.07, 6.45) is 9.35. The first-order valence-corrected chi connectivity index (χ1v) is 7.44. The summed E-state index contributed by atoms with van der Waals surface area (Å²) in [5, 5.41) is 5.94. The Labute approximate surface area is 114 Å². The van der Waals surface area contributed by atoms with E-state index in [9.17, 15) is 4.79 Å². The van der Waals surface area contributed by atoms with E-state index >= 15 is 0 Å². The lowest BCUT2D eigenvalue weighted by molar-refractivity contribution is 0.220. The van der Waals surface area contributed by atoms with E-state index in [1.165, 1.54) is 25.7 Å². The predicted octanol–water partition coefficient (Wildman–Crippen LogP) is 2.07. The van der Waals surface area contributed by atoms with Gasteiger partial charge < -0.3 is 16.4 Å². The van der Waals surface area contributed by atoms with Gasteiger partial charge in [-0.1, -0.05) is 31.5 Å². The standard InChI is InChI=1S/C13H23N3OS/c14-12(18)11(9-5-2-1-3-6-9)16-13(17)15-10-7-4-8-10/h9-11H,1-8H2,(H2,14,18)(H2,15,16,17). The number of nitrogens with two attached hydrogens (primary N) is 1. The van der Waals surface area contributed by atoms with Crippen molar-refractivity contribution in [2.75, 3.05) is 0 Å². The lowest BCUT2D eigenvalue weighted by Crippen LogP contribution is -2.54. The van der Waals surface area contributed by atoms with Gasteiger partial charge in [-0.25, -0.2) is 4.79 Å². The van der Waals surface area contributed by atoms with Gasteiger partial charge in [0.05, 0.1) is 11.0 Å². The summed E-state index contributed by atoms with van der Waals surface area (Å²) in [5.41, 5.74) is 5.78. The zero-order chi connectivity index (χ0) is 13.0. The Kier molecular flexibility index (Phi) is 4.80. The Morgan fingerprint density at radius 1 is 1.11 bits per heavy atom. The first kappa shape index (κ1) is 13.6. The first-order chi connectivity index (χ1) is 8.66. The molecule has 1 unspecified atom stereocenters. The lowest BCUT2D eigenvalue weighted by Gasteiger charge is -2.32. The molecule has 2 aliphatic carbocycles. The summed E-state index contributed by atoms with van der Waals surface area (Å²) in [6, 6.07) is 0.104. The highest BCUT2D eigenvalue weighted by molar-refractivity contribution is 7.80. The topological polar surface area (TPSA) is 67.1 Å². The fraction of sp³-hybridized carbons (Fsp3) is 0.846. The number of thiocarbonyl (C=S) groups is 1. The molecule has 18 heavy (non-hydrogen) atoms. The van der Waals surface area contributed by atoms with E-state index in [1.807, 2.05) is 0 Å². The monoisotopic (exact) mass is 269 g/mol. The number of carbonyl (C=O) groups excluding carboxylic acids is 1. The number of amides is 2. The molecular weight excluding hydrogens is 246 g/mol. The molecule has 5 heteroatoms. The highest BCUT2D eigenvalue weighted by atomic mass is 32.1. The Bertz CT molecular complexity index is 311. The molecule has 2 fully saturated rings. The summed E-state index contributed by atoms with van der Waals surface area (Å²) in [4.78, 5) is 12.3. The molecule has 2 aliphatic rings. The van der Waals surface area contributed by atoms with Gasteiger partial charge in [0, 0.05) is 6.04 Å². The molecule has 0 spiro atoms. The SMILES string of the molecule is NC(=S)C(NC(=O)NC1CCC1)C1CCCCC1. The van der Waals surface area contributed by atoms with Crippen LogP contribution < -0.4 is 16.4 Å². The molecule has 0 radical (unpaired) electrons. The third-order valence-corrected chi connectivity index (χ3v) is 4.41. The lowest BCUT2D eigenvalue weighted by atomic mass is 9.84. The van der Waals surface area contributed by atoms with Gasteiger partial charge in [-0.2, -0.15) is 0 Å². The van der Waals surface area contributed by atoms with E-state index < -0.39 is 0 Å². The molecule has 4 N–H and O–H groups in total. The van der Waals surface area contributed by atoms with Gasteiger partial charge in [-0.05, 0) is 38.0 Å². The maximum Gasteiger partial charge on any atom is 0.315 e. The molecule has 2 rings (SSSR count). The van der Waals surface area contributed by atoms with Crippen molar-refractivity contribution in [3.63, 3.8) is 0 Å². The van der Waals surface area contributed by atoms with Crippen molar-refractivity contribution < 1.29 is 4.79 Å². The third-order valence-electron chi connectivity index (χ3n) is 4.15. The summed E-state index contributed by atoms with van der Waals surface area (Å²) in [7, 11) is 0. The normalized spacial score (nSPS) is 22.9. The third kappa shape index (κ3) is 3.57. The summed E-state index contributed by atoms with van der Waals surface area (Å²) >= 11 is 5.11. The van der Waals surface area contributed by atoms with Crippen LogP contribution in [0.1, 0.15) is 51.4 Å². The number of rotatable bonds is 4. The average molecular weight is 269 g/mol. The largest absolute Gasteiger partial charge is 0.392 e. The molecule has 0 aromatic carbocycles. The second-order valence-electron chi connectivity index (χ2n) is 5.52. The van der Waals surface area contributed by atoms with Gasteiger partial charge in [0.2, 0.25) is 0 Å². The van der Waals surface area contributed by atoms with E-state index in [1.54, 1.807) is 0 Å². The first-order valence-electron chi connectivity index (χ1n) is 7.03. The zero-order valence-corrected chi connectivity index (χ0v) is 11.6. The van der Waals surface area contributed by atoms with Crippen LogP contribution in [0.4, 0.5) is 4.79 Å². The van der Waals surface area contributed by atoms with Crippen LogP contribution in [0.2, 0.25) is 0 Å². The minimum absolute atomic E-state index is 0.108. The molecule has 1 atom stereocenters. The van der Waals surface area contributed by atoms with Crippen LogP contribution in [-0.2, 0) is 0 Å². The Morgan fingerprint density at radius 2 is 1.78 bits per heavy atom. The molecule has 0 aliphatic heterocycles.